The summed E-state index contributed by atoms with van der Waals surface area (Å²) in [4.78, 5) is 0. The average molecular weight is 223 g/mol. The van der Waals surface area contributed by atoms with E-state index in [1.54, 1.807) is 0 Å². The van der Waals surface area contributed by atoms with E-state index < -0.39 is 9.84 Å². The maximum Gasteiger partial charge on any atom is 0.154 e. The number of sulfone groups is 1. The van der Waals surface area contributed by atoms with Crippen LogP contribution in [-0.4, -0.2) is 39.7 Å². The van der Waals surface area contributed by atoms with Gasteiger partial charge in [0.2, 0.25) is 0 Å². The number of rotatable bonds is 7. The summed E-state index contributed by atoms with van der Waals surface area (Å²) in [6.45, 7) is 4.22. The first kappa shape index (κ1) is 13.9. The highest BCUT2D eigenvalue weighted by atomic mass is 32.2. The Balaban J connectivity index is 4.08. The van der Waals surface area contributed by atoms with Gasteiger partial charge in [-0.1, -0.05) is 20.3 Å². The molecule has 0 bridgehead atoms. The topological polar surface area (TPSA) is 69.4 Å². The van der Waals surface area contributed by atoms with Crippen LogP contribution in [0.5, 0.6) is 0 Å². The largest absolute Gasteiger partial charge is 0.384 e. The third-order valence-electron chi connectivity index (χ3n) is 2.42. The van der Waals surface area contributed by atoms with Gasteiger partial charge in [-0.05, 0) is 5.92 Å². The zero-order chi connectivity index (χ0) is 11.2. The van der Waals surface area contributed by atoms with Crippen LogP contribution in [0.1, 0.15) is 20.3 Å². The van der Waals surface area contributed by atoms with Gasteiger partial charge in [-0.25, -0.2) is 8.42 Å². The second kappa shape index (κ2) is 6.37. The molecule has 0 saturated carbocycles. The highest BCUT2D eigenvalue weighted by Gasteiger charge is 2.19. The van der Waals surface area contributed by atoms with E-state index in [2.05, 4.69) is 0 Å². The summed E-state index contributed by atoms with van der Waals surface area (Å²) in [6, 6.07) is -0.262. The lowest BCUT2D eigenvalue weighted by molar-refractivity contribution is 0.217. The Hall–Kier alpha value is -0.130. The van der Waals surface area contributed by atoms with Gasteiger partial charge in [-0.3, -0.25) is 0 Å². The molecule has 0 aromatic heterocycles. The Morgan fingerprint density at radius 2 is 2.00 bits per heavy atom. The van der Waals surface area contributed by atoms with E-state index in [4.69, 9.17) is 10.5 Å². The molecule has 0 spiro atoms. The smallest absolute Gasteiger partial charge is 0.154 e. The maximum atomic E-state index is 11.5. The predicted octanol–water partition coefficient (Wildman–Crippen LogP) is 0.421. The van der Waals surface area contributed by atoms with Crippen molar-refractivity contribution in [2.75, 3.05) is 25.2 Å². The van der Waals surface area contributed by atoms with Crippen LogP contribution in [0, 0.1) is 5.92 Å². The van der Waals surface area contributed by atoms with E-state index in [1.165, 1.54) is 7.11 Å². The summed E-state index contributed by atoms with van der Waals surface area (Å²) < 4.78 is 27.6. The van der Waals surface area contributed by atoms with Crippen molar-refractivity contribution in [1.29, 1.82) is 0 Å². The van der Waals surface area contributed by atoms with E-state index in [1.807, 2.05) is 13.8 Å². The first-order valence-corrected chi connectivity index (χ1v) is 6.70. The number of methoxy groups -OCH3 is 1. The van der Waals surface area contributed by atoms with Crippen molar-refractivity contribution in [3.8, 4) is 0 Å². The molecule has 0 saturated heterocycles. The average Bonchev–Trinajstić information content (AvgIpc) is 2.12. The van der Waals surface area contributed by atoms with Crippen LogP contribution in [0.2, 0.25) is 0 Å². The van der Waals surface area contributed by atoms with E-state index >= 15 is 0 Å². The van der Waals surface area contributed by atoms with E-state index in [-0.39, 0.29) is 30.1 Å². The van der Waals surface area contributed by atoms with Gasteiger partial charge < -0.3 is 10.5 Å². The van der Waals surface area contributed by atoms with Crippen LogP contribution in [0.25, 0.3) is 0 Å². The van der Waals surface area contributed by atoms with Gasteiger partial charge in [0.25, 0.3) is 0 Å². The predicted molar refractivity (Wildman–Crippen MR) is 58.0 cm³/mol. The normalized spacial score (nSPS) is 16.6. The van der Waals surface area contributed by atoms with E-state index in [9.17, 15) is 8.42 Å². The summed E-state index contributed by atoms with van der Waals surface area (Å²) in [7, 11) is -1.56. The minimum Gasteiger partial charge on any atom is -0.384 e. The second-order valence-corrected chi connectivity index (χ2v) is 5.89. The Morgan fingerprint density at radius 3 is 2.43 bits per heavy atom. The molecule has 2 unspecified atom stereocenters. The van der Waals surface area contributed by atoms with Gasteiger partial charge in [0.15, 0.2) is 9.84 Å². The molecule has 0 aromatic carbocycles. The molecule has 0 aliphatic carbocycles. The maximum absolute atomic E-state index is 11.5. The molecule has 0 heterocycles. The van der Waals surface area contributed by atoms with Gasteiger partial charge in [0, 0.05) is 13.2 Å². The third kappa shape index (κ3) is 5.57. The summed E-state index contributed by atoms with van der Waals surface area (Å²) in [5, 5.41) is 0. The van der Waals surface area contributed by atoms with Crippen LogP contribution in [-0.2, 0) is 14.6 Å². The Labute approximate surface area is 86.7 Å². The third-order valence-corrected chi connectivity index (χ3v) is 4.10. The van der Waals surface area contributed by atoms with Crippen LogP contribution < -0.4 is 5.73 Å². The minimum atomic E-state index is -3.05. The van der Waals surface area contributed by atoms with Crippen LogP contribution in [0.4, 0.5) is 0 Å². The minimum absolute atomic E-state index is 0.0609. The van der Waals surface area contributed by atoms with Crippen LogP contribution in [0.15, 0.2) is 0 Å². The molecule has 0 aromatic rings. The summed E-state index contributed by atoms with van der Waals surface area (Å²) in [5.41, 5.74) is 5.77. The highest BCUT2D eigenvalue weighted by Crippen LogP contribution is 2.07. The molecule has 2 atom stereocenters. The van der Waals surface area contributed by atoms with E-state index in [0.717, 1.165) is 6.42 Å². The number of hydrogen-bond donors (Lipinski definition) is 1. The molecule has 0 aliphatic heterocycles. The van der Waals surface area contributed by atoms with Crippen LogP contribution in [0.3, 0.4) is 0 Å². The fraction of sp³-hybridized carbons (Fsp3) is 1.00. The van der Waals surface area contributed by atoms with Crippen molar-refractivity contribution < 1.29 is 13.2 Å². The molecule has 0 rings (SSSR count). The van der Waals surface area contributed by atoms with Gasteiger partial charge in [-0.2, -0.15) is 0 Å². The zero-order valence-electron chi connectivity index (χ0n) is 9.19. The molecular formula is C9H21NO3S. The Bertz CT molecular complexity index is 238. The Kier molecular flexibility index (Phi) is 6.31. The van der Waals surface area contributed by atoms with Gasteiger partial charge in [-0.15, -0.1) is 0 Å². The van der Waals surface area contributed by atoms with Gasteiger partial charge >= 0.3 is 0 Å². The quantitative estimate of drug-likeness (QED) is 0.679. The van der Waals surface area contributed by atoms with Crippen molar-refractivity contribution in [3.63, 3.8) is 0 Å². The standard InChI is InChI=1S/C9H21NO3S/c1-4-8(2)9(10)7-14(11,12)6-5-13-3/h8-9H,4-7,10H2,1-3H3. The monoisotopic (exact) mass is 223 g/mol. The first-order valence-electron chi connectivity index (χ1n) is 4.88. The SMILES string of the molecule is CCC(C)C(N)CS(=O)(=O)CCOC. The van der Waals surface area contributed by atoms with Gasteiger partial charge in [0.1, 0.15) is 0 Å². The molecule has 2 N–H and O–H groups in total. The van der Waals surface area contributed by atoms with Crippen molar-refractivity contribution in [2.45, 2.75) is 26.3 Å². The zero-order valence-corrected chi connectivity index (χ0v) is 10.0. The van der Waals surface area contributed by atoms with Crippen LogP contribution >= 0.6 is 0 Å². The van der Waals surface area contributed by atoms with Crippen molar-refractivity contribution in [3.05, 3.63) is 0 Å². The lowest BCUT2D eigenvalue weighted by Gasteiger charge is -2.17. The molecule has 0 aliphatic rings. The van der Waals surface area contributed by atoms with Crippen molar-refractivity contribution in [2.24, 2.45) is 11.7 Å². The fourth-order valence-corrected chi connectivity index (χ4v) is 2.56. The number of ether oxygens (including phenoxy) is 1. The number of nitrogens with two attached hydrogens (primary N) is 1. The molecule has 0 fully saturated rings. The molecule has 86 valence electrons. The van der Waals surface area contributed by atoms with Crippen molar-refractivity contribution in [1.82, 2.24) is 0 Å². The molecule has 0 radical (unpaired) electrons. The molecule has 14 heavy (non-hydrogen) atoms. The van der Waals surface area contributed by atoms with E-state index in [0.29, 0.717) is 0 Å². The molecule has 4 nitrogen and oxygen atoms in total. The van der Waals surface area contributed by atoms with Gasteiger partial charge in [0.05, 0.1) is 18.1 Å². The summed E-state index contributed by atoms with van der Waals surface area (Å²) in [5.74, 6) is 0.367. The Morgan fingerprint density at radius 1 is 1.43 bits per heavy atom. The number of hydrogen-bond acceptors (Lipinski definition) is 4. The lowest BCUT2D eigenvalue weighted by atomic mass is 10.0. The molecular weight excluding hydrogens is 202 g/mol. The molecule has 0 amide bonds. The fourth-order valence-electron chi connectivity index (χ4n) is 1.05. The lowest BCUT2D eigenvalue weighted by Crippen LogP contribution is -2.36. The second-order valence-electron chi connectivity index (χ2n) is 3.66. The highest BCUT2D eigenvalue weighted by molar-refractivity contribution is 7.91. The summed E-state index contributed by atoms with van der Waals surface area (Å²) in [6.07, 6.45) is 0.904. The summed E-state index contributed by atoms with van der Waals surface area (Å²) >= 11 is 0. The first-order chi connectivity index (χ1) is 6.43. The molecule has 5 heteroatoms. The van der Waals surface area contributed by atoms with Crippen molar-refractivity contribution >= 4 is 9.84 Å².